The van der Waals surface area contributed by atoms with Gasteiger partial charge >= 0.3 is 0 Å². The summed E-state index contributed by atoms with van der Waals surface area (Å²) < 4.78 is 0. The molecule has 1 aliphatic rings. The average Bonchev–Trinajstić information content (AvgIpc) is 3.26. The fraction of sp³-hybridized carbons (Fsp3) is 0.391. The van der Waals surface area contributed by atoms with Gasteiger partial charge in [0.25, 0.3) is 17.4 Å². The normalized spacial score (nSPS) is 13.0. The largest absolute Gasteiger partial charge is 0.338 e. The Labute approximate surface area is 185 Å². The zero-order chi connectivity index (χ0) is 22.7. The van der Waals surface area contributed by atoms with Crippen LogP contribution in [0.5, 0.6) is 0 Å². The maximum absolute atomic E-state index is 13.0. The van der Waals surface area contributed by atoms with Gasteiger partial charge in [0.2, 0.25) is 0 Å². The van der Waals surface area contributed by atoms with Gasteiger partial charge in [-0.2, -0.15) is 0 Å². The van der Waals surface area contributed by atoms with Crippen LogP contribution >= 0.6 is 11.6 Å². The fourth-order valence-electron chi connectivity index (χ4n) is 3.96. The van der Waals surface area contributed by atoms with E-state index in [1.54, 1.807) is 18.2 Å². The number of aromatic nitrogens is 3. The van der Waals surface area contributed by atoms with Gasteiger partial charge in [-0.3, -0.25) is 19.3 Å². The van der Waals surface area contributed by atoms with Crippen molar-refractivity contribution >= 4 is 34.4 Å². The predicted molar refractivity (Wildman–Crippen MR) is 123 cm³/mol. The third-order valence-electron chi connectivity index (χ3n) is 5.28. The zero-order valence-corrected chi connectivity index (χ0v) is 19.0. The molecule has 0 saturated heterocycles. The van der Waals surface area contributed by atoms with E-state index in [1.165, 1.54) is 11.1 Å². The first-order chi connectivity index (χ1) is 15.0. The van der Waals surface area contributed by atoms with Gasteiger partial charge in [0.1, 0.15) is 11.4 Å². The number of nitrogens with one attached hydrogen (secondary N) is 2. The number of hydrogen-bond donors (Lipinski definition) is 2. The highest BCUT2D eigenvalue weighted by atomic mass is 35.5. The Hall–Kier alpha value is -2.93. The molecule has 0 saturated carbocycles. The number of aromatic amines is 2. The molecule has 2 N–H and O–H groups in total. The second-order valence-corrected chi connectivity index (χ2v) is 7.65. The first-order valence-corrected chi connectivity index (χ1v) is 11.1. The Balaban J connectivity index is 0.00000132. The van der Waals surface area contributed by atoms with Crippen LogP contribution in [0.1, 0.15) is 74.1 Å². The van der Waals surface area contributed by atoms with Crippen molar-refractivity contribution in [1.82, 2.24) is 19.9 Å². The summed E-state index contributed by atoms with van der Waals surface area (Å²) in [6.45, 7) is 8.10. The van der Waals surface area contributed by atoms with E-state index in [9.17, 15) is 14.4 Å². The Bertz CT molecular complexity index is 1120. The van der Waals surface area contributed by atoms with Gasteiger partial charge in [-0.15, -0.1) is 0 Å². The van der Waals surface area contributed by atoms with Gasteiger partial charge in [-0.25, -0.2) is 4.98 Å². The molecule has 1 aliphatic heterocycles. The molecule has 2 amide bonds. The Morgan fingerprint density at radius 3 is 2.23 bits per heavy atom. The van der Waals surface area contributed by atoms with E-state index in [0.29, 0.717) is 28.0 Å². The molecule has 8 heteroatoms. The lowest BCUT2D eigenvalue weighted by atomic mass is 10.1. The van der Waals surface area contributed by atoms with Crippen LogP contribution in [0.4, 0.5) is 0 Å². The van der Waals surface area contributed by atoms with Gasteiger partial charge in [-0.1, -0.05) is 52.1 Å². The summed E-state index contributed by atoms with van der Waals surface area (Å²) in [7, 11) is 0. The third kappa shape index (κ3) is 4.02. The Morgan fingerprint density at radius 2 is 1.65 bits per heavy atom. The van der Waals surface area contributed by atoms with Crippen molar-refractivity contribution in [3.05, 3.63) is 50.9 Å². The van der Waals surface area contributed by atoms with Crippen molar-refractivity contribution in [1.29, 1.82) is 0 Å². The lowest BCUT2D eigenvalue weighted by Crippen LogP contribution is -2.39. The Morgan fingerprint density at radius 1 is 1.03 bits per heavy atom. The summed E-state index contributed by atoms with van der Waals surface area (Å²) in [5.74, 6) is -0.258. The van der Waals surface area contributed by atoms with Crippen molar-refractivity contribution in [2.75, 3.05) is 0 Å². The van der Waals surface area contributed by atoms with Crippen LogP contribution in [-0.4, -0.2) is 37.7 Å². The summed E-state index contributed by atoms with van der Waals surface area (Å²) in [6.07, 6.45) is 4.83. The van der Waals surface area contributed by atoms with Crippen molar-refractivity contribution in [3.63, 3.8) is 0 Å². The van der Waals surface area contributed by atoms with Crippen molar-refractivity contribution in [2.45, 2.75) is 59.4 Å². The standard InChI is InChI=1S/C21H21ClN4O3.C2H6/c1-3-5-11(6-4-2)26-20(28)12-9-15-16(10-13(12)21(26)29)25-18(24-15)17-14(22)7-8-23-19(17)27;1-2/h7-11H,3-6H2,1-2H3,(H,23,27)(H,24,25);1-2H3. The summed E-state index contributed by atoms with van der Waals surface area (Å²) in [5.41, 5.74) is 1.64. The number of halogens is 1. The minimum Gasteiger partial charge on any atom is -0.338 e. The molecule has 164 valence electrons. The number of benzene rings is 1. The van der Waals surface area contributed by atoms with E-state index in [0.717, 1.165) is 25.7 Å². The molecule has 0 atom stereocenters. The molecule has 1 aromatic carbocycles. The van der Waals surface area contributed by atoms with E-state index in [1.807, 2.05) is 27.7 Å². The monoisotopic (exact) mass is 442 g/mol. The highest BCUT2D eigenvalue weighted by Gasteiger charge is 2.40. The van der Waals surface area contributed by atoms with Crippen LogP contribution in [-0.2, 0) is 0 Å². The van der Waals surface area contributed by atoms with Crippen LogP contribution in [0.25, 0.3) is 22.4 Å². The number of nitrogens with zero attached hydrogens (tertiary/aromatic N) is 2. The molecule has 2 aromatic heterocycles. The number of rotatable bonds is 6. The van der Waals surface area contributed by atoms with Crippen LogP contribution < -0.4 is 5.56 Å². The number of carbonyl (C=O) groups excluding carboxylic acids is 2. The van der Waals surface area contributed by atoms with E-state index in [2.05, 4.69) is 15.0 Å². The number of hydrogen-bond acceptors (Lipinski definition) is 4. The van der Waals surface area contributed by atoms with E-state index in [-0.39, 0.29) is 34.0 Å². The van der Waals surface area contributed by atoms with Gasteiger partial charge in [0.05, 0.1) is 27.2 Å². The molecule has 0 unspecified atom stereocenters. The van der Waals surface area contributed by atoms with Gasteiger partial charge in [-0.05, 0) is 31.0 Å². The zero-order valence-electron chi connectivity index (χ0n) is 18.2. The maximum atomic E-state index is 13.0. The van der Waals surface area contributed by atoms with Crippen molar-refractivity contribution in [2.24, 2.45) is 0 Å². The smallest absolute Gasteiger partial charge is 0.261 e. The predicted octanol–water partition coefficient (Wildman–Crippen LogP) is 5.16. The first kappa shape index (κ1) is 22.7. The molecule has 0 spiro atoms. The van der Waals surface area contributed by atoms with E-state index >= 15 is 0 Å². The van der Waals surface area contributed by atoms with Crippen molar-refractivity contribution in [3.8, 4) is 11.4 Å². The average molecular weight is 443 g/mol. The van der Waals surface area contributed by atoms with Gasteiger partial charge in [0, 0.05) is 12.2 Å². The number of amides is 2. The topological polar surface area (TPSA) is 98.9 Å². The number of fused-ring (bicyclic) bond motifs is 2. The quantitative estimate of drug-likeness (QED) is 0.515. The molecular formula is C23H27ClN4O3. The third-order valence-corrected chi connectivity index (χ3v) is 5.59. The lowest BCUT2D eigenvalue weighted by molar-refractivity contribution is 0.0566. The number of imide groups is 1. The summed E-state index contributed by atoms with van der Waals surface area (Å²) in [6, 6.07) is 4.73. The Kier molecular flexibility index (Phi) is 6.95. The molecule has 3 heterocycles. The molecule has 0 aliphatic carbocycles. The number of carbonyl (C=O) groups is 2. The van der Waals surface area contributed by atoms with Crippen LogP contribution in [0.15, 0.2) is 29.2 Å². The first-order valence-electron chi connectivity index (χ1n) is 10.8. The molecule has 4 rings (SSSR count). The van der Waals surface area contributed by atoms with Crippen LogP contribution in [0.2, 0.25) is 5.02 Å². The van der Waals surface area contributed by atoms with Crippen molar-refractivity contribution < 1.29 is 9.59 Å². The lowest BCUT2D eigenvalue weighted by Gasteiger charge is -2.25. The highest BCUT2D eigenvalue weighted by Crippen LogP contribution is 2.32. The molecule has 31 heavy (non-hydrogen) atoms. The number of pyridine rings is 1. The summed E-state index contributed by atoms with van der Waals surface area (Å²) in [5, 5.41) is 0.264. The number of H-pyrrole nitrogens is 2. The summed E-state index contributed by atoms with van der Waals surface area (Å²) >= 11 is 6.16. The minimum absolute atomic E-state index is 0.0963. The molecule has 0 bridgehead atoms. The molecule has 0 fully saturated rings. The molecule has 3 aromatic rings. The minimum atomic E-state index is -0.371. The summed E-state index contributed by atoms with van der Waals surface area (Å²) in [4.78, 5) is 49.7. The van der Waals surface area contributed by atoms with Crippen LogP contribution in [0, 0.1) is 0 Å². The SMILES string of the molecule is CC.CCCC(CCC)N1C(=O)c2cc3nc(-c4c(Cl)cc[nH]c4=O)[nH]c3cc2C1=O. The van der Waals surface area contributed by atoms with Crippen LogP contribution in [0.3, 0.4) is 0 Å². The number of imidazole rings is 1. The van der Waals surface area contributed by atoms with E-state index in [4.69, 9.17) is 11.6 Å². The molecular weight excluding hydrogens is 416 g/mol. The maximum Gasteiger partial charge on any atom is 0.261 e. The molecule has 0 radical (unpaired) electrons. The highest BCUT2D eigenvalue weighted by molar-refractivity contribution is 6.33. The fourth-order valence-corrected chi connectivity index (χ4v) is 4.19. The van der Waals surface area contributed by atoms with E-state index < -0.39 is 0 Å². The second-order valence-electron chi connectivity index (χ2n) is 7.24. The van der Waals surface area contributed by atoms with Gasteiger partial charge < -0.3 is 9.97 Å². The van der Waals surface area contributed by atoms with Gasteiger partial charge in [0.15, 0.2) is 0 Å². The molecule has 7 nitrogen and oxygen atoms in total. The second kappa shape index (κ2) is 9.47.